The molecule has 20 heavy (non-hydrogen) atoms. The van der Waals surface area contributed by atoms with E-state index in [1.165, 1.54) is 12.0 Å². The van der Waals surface area contributed by atoms with E-state index >= 15 is 0 Å². The summed E-state index contributed by atoms with van der Waals surface area (Å²) in [6, 6.07) is 6.25. The standard InChI is InChI=1S/C17H25NO2/c1-2-9-18-10-3-7-17(19,8-11-18)15-4-5-16-14(13-15)6-12-20-16/h4-5,13,19H,2-3,6-12H2,1H3. The molecule has 2 heterocycles. The lowest BCUT2D eigenvalue weighted by Crippen LogP contribution is -2.29. The molecule has 1 saturated heterocycles. The van der Waals surface area contributed by atoms with Crippen LogP contribution in [0.5, 0.6) is 5.75 Å². The number of rotatable bonds is 3. The van der Waals surface area contributed by atoms with Crippen LogP contribution in [-0.4, -0.2) is 36.2 Å². The van der Waals surface area contributed by atoms with Gasteiger partial charge in [0.1, 0.15) is 5.75 Å². The van der Waals surface area contributed by atoms with E-state index < -0.39 is 5.60 Å². The number of hydrogen-bond acceptors (Lipinski definition) is 3. The monoisotopic (exact) mass is 275 g/mol. The van der Waals surface area contributed by atoms with Gasteiger partial charge in [-0.1, -0.05) is 13.0 Å². The third-order valence-corrected chi connectivity index (χ3v) is 4.67. The van der Waals surface area contributed by atoms with Crippen molar-refractivity contribution in [2.45, 2.75) is 44.6 Å². The maximum atomic E-state index is 11.1. The molecule has 3 rings (SSSR count). The second kappa shape index (κ2) is 5.74. The lowest BCUT2D eigenvalue weighted by Gasteiger charge is -2.28. The lowest BCUT2D eigenvalue weighted by molar-refractivity contribution is 0.0212. The Hall–Kier alpha value is -1.06. The molecular formula is C17H25NO2. The summed E-state index contributed by atoms with van der Waals surface area (Å²) in [5.41, 5.74) is 1.69. The molecule has 110 valence electrons. The van der Waals surface area contributed by atoms with Crippen LogP contribution in [0.3, 0.4) is 0 Å². The van der Waals surface area contributed by atoms with Gasteiger partial charge in [0.05, 0.1) is 12.2 Å². The molecule has 2 aliphatic rings. The van der Waals surface area contributed by atoms with Crippen molar-refractivity contribution in [1.82, 2.24) is 4.90 Å². The van der Waals surface area contributed by atoms with E-state index in [4.69, 9.17) is 4.74 Å². The Morgan fingerprint density at radius 2 is 2.20 bits per heavy atom. The zero-order valence-corrected chi connectivity index (χ0v) is 12.4. The van der Waals surface area contributed by atoms with Gasteiger partial charge in [0.15, 0.2) is 0 Å². The minimum absolute atomic E-state index is 0.653. The van der Waals surface area contributed by atoms with Crippen molar-refractivity contribution in [3.05, 3.63) is 29.3 Å². The topological polar surface area (TPSA) is 32.7 Å². The molecule has 0 radical (unpaired) electrons. The maximum Gasteiger partial charge on any atom is 0.122 e. The lowest BCUT2D eigenvalue weighted by atomic mass is 9.86. The average molecular weight is 275 g/mol. The van der Waals surface area contributed by atoms with E-state index in [2.05, 4.69) is 24.0 Å². The predicted octanol–water partition coefficient (Wildman–Crippen LogP) is 2.71. The van der Waals surface area contributed by atoms with Crippen molar-refractivity contribution in [2.75, 3.05) is 26.2 Å². The SMILES string of the molecule is CCCN1CCCC(O)(c2ccc3c(c2)CCO3)CC1. The largest absolute Gasteiger partial charge is 0.493 e. The molecule has 0 spiro atoms. The molecule has 0 amide bonds. The summed E-state index contributed by atoms with van der Waals surface area (Å²) < 4.78 is 5.56. The molecule has 0 bridgehead atoms. The number of likely N-dealkylation sites (tertiary alicyclic amines) is 1. The number of aliphatic hydroxyl groups is 1. The highest BCUT2D eigenvalue weighted by Gasteiger charge is 2.32. The smallest absolute Gasteiger partial charge is 0.122 e. The summed E-state index contributed by atoms with van der Waals surface area (Å²) in [5, 5.41) is 11.1. The summed E-state index contributed by atoms with van der Waals surface area (Å²) in [5.74, 6) is 0.999. The third kappa shape index (κ3) is 2.70. The Kier molecular flexibility index (Phi) is 3.99. The quantitative estimate of drug-likeness (QED) is 0.920. The highest BCUT2D eigenvalue weighted by Crippen LogP contribution is 2.36. The van der Waals surface area contributed by atoms with Crippen molar-refractivity contribution in [3.8, 4) is 5.75 Å². The highest BCUT2D eigenvalue weighted by molar-refractivity contribution is 5.41. The van der Waals surface area contributed by atoms with Gasteiger partial charge >= 0.3 is 0 Å². The zero-order chi connectivity index (χ0) is 14.0. The van der Waals surface area contributed by atoms with Gasteiger partial charge < -0.3 is 14.7 Å². The predicted molar refractivity (Wildman–Crippen MR) is 80.1 cm³/mol. The zero-order valence-electron chi connectivity index (χ0n) is 12.4. The van der Waals surface area contributed by atoms with E-state index in [1.807, 2.05) is 6.07 Å². The van der Waals surface area contributed by atoms with Crippen LogP contribution in [0.25, 0.3) is 0 Å². The fourth-order valence-electron chi connectivity index (χ4n) is 3.48. The molecule has 3 heteroatoms. The minimum atomic E-state index is -0.653. The summed E-state index contributed by atoms with van der Waals surface area (Å²) in [4.78, 5) is 2.48. The summed E-state index contributed by atoms with van der Waals surface area (Å²) in [6.45, 7) is 6.26. The molecule has 1 N–H and O–H groups in total. The maximum absolute atomic E-state index is 11.1. The van der Waals surface area contributed by atoms with Crippen molar-refractivity contribution in [3.63, 3.8) is 0 Å². The molecule has 1 aromatic rings. The van der Waals surface area contributed by atoms with Gasteiger partial charge in [0.25, 0.3) is 0 Å². The van der Waals surface area contributed by atoms with Crippen LogP contribution in [0, 0.1) is 0 Å². The third-order valence-electron chi connectivity index (χ3n) is 4.67. The first-order valence-corrected chi connectivity index (χ1v) is 7.92. The summed E-state index contributed by atoms with van der Waals surface area (Å²) in [6.07, 6.45) is 4.94. The van der Waals surface area contributed by atoms with Crippen LogP contribution in [0.1, 0.15) is 43.7 Å². The van der Waals surface area contributed by atoms with Crippen LogP contribution in [-0.2, 0) is 12.0 Å². The number of ether oxygens (including phenoxy) is 1. The van der Waals surface area contributed by atoms with E-state index in [-0.39, 0.29) is 0 Å². The Labute approximate surface area is 121 Å². The van der Waals surface area contributed by atoms with Crippen LogP contribution in [0.15, 0.2) is 18.2 Å². The number of fused-ring (bicyclic) bond motifs is 1. The molecule has 2 aliphatic heterocycles. The Morgan fingerprint density at radius 1 is 1.30 bits per heavy atom. The number of benzene rings is 1. The van der Waals surface area contributed by atoms with Gasteiger partial charge in [-0.15, -0.1) is 0 Å². The van der Waals surface area contributed by atoms with Crippen LogP contribution < -0.4 is 4.74 Å². The van der Waals surface area contributed by atoms with E-state index in [0.717, 1.165) is 63.2 Å². The Morgan fingerprint density at radius 3 is 3.05 bits per heavy atom. The Balaban J connectivity index is 1.78. The molecule has 3 nitrogen and oxygen atoms in total. The van der Waals surface area contributed by atoms with Gasteiger partial charge in [-0.2, -0.15) is 0 Å². The first-order valence-electron chi connectivity index (χ1n) is 7.92. The molecular weight excluding hydrogens is 250 g/mol. The van der Waals surface area contributed by atoms with E-state index in [1.54, 1.807) is 0 Å². The molecule has 1 unspecified atom stereocenters. The summed E-state index contributed by atoms with van der Waals surface area (Å²) in [7, 11) is 0. The normalized spacial score (nSPS) is 26.9. The first kappa shape index (κ1) is 13.9. The molecule has 1 atom stereocenters. The Bertz CT molecular complexity index is 474. The second-order valence-electron chi connectivity index (χ2n) is 6.15. The van der Waals surface area contributed by atoms with Gasteiger partial charge in [-0.25, -0.2) is 0 Å². The molecule has 1 aromatic carbocycles. The van der Waals surface area contributed by atoms with Gasteiger partial charge in [0, 0.05) is 13.0 Å². The summed E-state index contributed by atoms with van der Waals surface area (Å²) >= 11 is 0. The molecule has 0 aromatic heterocycles. The number of hydrogen-bond donors (Lipinski definition) is 1. The minimum Gasteiger partial charge on any atom is -0.493 e. The fourth-order valence-corrected chi connectivity index (χ4v) is 3.48. The average Bonchev–Trinajstić information content (AvgIpc) is 2.84. The van der Waals surface area contributed by atoms with Crippen LogP contribution >= 0.6 is 0 Å². The second-order valence-corrected chi connectivity index (χ2v) is 6.15. The fraction of sp³-hybridized carbons (Fsp3) is 0.647. The van der Waals surface area contributed by atoms with E-state index in [9.17, 15) is 5.11 Å². The number of nitrogens with zero attached hydrogens (tertiary/aromatic N) is 1. The molecule has 0 saturated carbocycles. The van der Waals surface area contributed by atoms with Crippen LogP contribution in [0.4, 0.5) is 0 Å². The van der Waals surface area contributed by atoms with Crippen molar-refractivity contribution < 1.29 is 9.84 Å². The van der Waals surface area contributed by atoms with Gasteiger partial charge in [-0.3, -0.25) is 0 Å². The molecule has 0 aliphatic carbocycles. The van der Waals surface area contributed by atoms with Crippen molar-refractivity contribution >= 4 is 0 Å². The molecule has 1 fully saturated rings. The van der Waals surface area contributed by atoms with Gasteiger partial charge in [0.2, 0.25) is 0 Å². The van der Waals surface area contributed by atoms with E-state index in [0.29, 0.717) is 0 Å². The van der Waals surface area contributed by atoms with Gasteiger partial charge in [-0.05, 0) is 62.0 Å². The van der Waals surface area contributed by atoms with Crippen molar-refractivity contribution in [1.29, 1.82) is 0 Å². The first-order chi connectivity index (χ1) is 9.71. The van der Waals surface area contributed by atoms with Crippen LogP contribution in [0.2, 0.25) is 0 Å². The van der Waals surface area contributed by atoms with Crippen molar-refractivity contribution in [2.24, 2.45) is 0 Å². The highest BCUT2D eigenvalue weighted by atomic mass is 16.5.